The lowest BCUT2D eigenvalue weighted by molar-refractivity contribution is 0.138. The van der Waals surface area contributed by atoms with Crippen LogP contribution in [0.1, 0.15) is 32.1 Å². The fourth-order valence-electron chi connectivity index (χ4n) is 3.00. The van der Waals surface area contributed by atoms with Gasteiger partial charge in [0, 0.05) is 40.1 Å². The second kappa shape index (κ2) is 13.1. The first-order chi connectivity index (χ1) is 11.4. The average molecular weight is 491 g/mol. The van der Waals surface area contributed by atoms with Crippen molar-refractivity contribution in [3.05, 3.63) is 0 Å². The van der Waals surface area contributed by atoms with Gasteiger partial charge < -0.3 is 20.1 Å². The molecule has 1 fully saturated rings. The van der Waals surface area contributed by atoms with E-state index in [0.717, 1.165) is 25.5 Å². The summed E-state index contributed by atoms with van der Waals surface area (Å²) >= 11 is 0. The Balaban J connectivity index is 0.00000576. The van der Waals surface area contributed by atoms with Gasteiger partial charge >= 0.3 is 0 Å². The van der Waals surface area contributed by atoms with E-state index >= 15 is 0 Å². The molecule has 0 amide bonds. The van der Waals surface area contributed by atoms with Gasteiger partial charge in [0.1, 0.15) is 9.84 Å². The molecule has 0 heterocycles. The van der Waals surface area contributed by atoms with Crippen molar-refractivity contribution in [3.8, 4) is 0 Å². The molecule has 1 aliphatic rings. The van der Waals surface area contributed by atoms with Crippen molar-refractivity contribution < 1.29 is 17.9 Å². The molecule has 2 N–H and O–H groups in total. The number of ether oxygens (including phenoxy) is 2. The number of hydrogen-bond donors (Lipinski definition) is 2. The summed E-state index contributed by atoms with van der Waals surface area (Å²) in [6.45, 7) is 2.96. The average Bonchev–Trinajstić information content (AvgIpc) is 3.00. The van der Waals surface area contributed by atoms with Crippen LogP contribution < -0.4 is 10.6 Å². The van der Waals surface area contributed by atoms with Crippen molar-refractivity contribution in [2.45, 2.75) is 32.1 Å². The molecular weight excluding hydrogens is 457 g/mol. The molecule has 150 valence electrons. The Hall–Kier alpha value is -0.130. The predicted octanol–water partition coefficient (Wildman–Crippen LogP) is 1.43. The minimum absolute atomic E-state index is 0. The quantitative estimate of drug-likeness (QED) is 0.197. The molecule has 7 nitrogen and oxygen atoms in total. The maximum atomic E-state index is 11.0. The molecule has 0 aliphatic heterocycles. The largest absolute Gasteiger partial charge is 0.385 e. The highest BCUT2D eigenvalue weighted by Gasteiger charge is 2.33. The Morgan fingerprint density at radius 3 is 2.40 bits per heavy atom. The summed E-state index contributed by atoms with van der Waals surface area (Å²) in [6, 6.07) is 0. The van der Waals surface area contributed by atoms with Gasteiger partial charge in [0.2, 0.25) is 0 Å². The molecule has 0 atom stereocenters. The molecule has 1 saturated carbocycles. The summed E-state index contributed by atoms with van der Waals surface area (Å²) in [5.74, 6) is 0.813. The summed E-state index contributed by atoms with van der Waals surface area (Å²) in [5, 5.41) is 6.61. The first-order valence-electron chi connectivity index (χ1n) is 8.60. The Kier molecular flexibility index (Phi) is 13.0. The second-order valence-electron chi connectivity index (χ2n) is 6.54. The lowest BCUT2D eigenvalue weighted by Crippen LogP contribution is -2.44. The molecule has 1 aliphatic carbocycles. The van der Waals surface area contributed by atoms with Gasteiger partial charge in [0.05, 0.1) is 19.0 Å². The molecule has 0 aromatic carbocycles. The highest BCUT2D eigenvalue weighted by Crippen LogP contribution is 2.40. The van der Waals surface area contributed by atoms with Crippen LogP contribution >= 0.6 is 24.0 Å². The van der Waals surface area contributed by atoms with Gasteiger partial charge in [-0.25, -0.2) is 8.42 Å². The standard InChI is InChI=1S/C16H33N3O4S.HI/c1-17-15(18-9-11-23-12-13-24(3,20)21)19-14-16(8-10-22-2)6-4-5-7-16;/h4-14H2,1-3H3,(H2,17,18,19);1H. The van der Waals surface area contributed by atoms with Gasteiger partial charge in [-0.1, -0.05) is 12.8 Å². The zero-order valence-corrected chi connectivity index (χ0v) is 18.8. The van der Waals surface area contributed by atoms with E-state index in [4.69, 9.17) is 9.47 Å². The van der Waals surface area contributed by atoms with Crippen LogP contribution in [0.15, 0.2) is 4.99 Å². The fraction of sp³-hybridized carbons (Fsp3) is 0.938. The maximum Gasteiger partial charge on any atom is 0.191 e. The van der Waals surface area contributed by atoms with Crippen molar-refractivity contribution in [2.75, 3.05) is 59.1 Å². The zero-order valence-electron chi connectivity index (χ0n) is 15.7. The first kappa shape index (κ1) is 24.9. The van der Waals surface area contributed by atoms with Crippen molar-refractivity contribution in [2.24, 2.45) is 10.4 Å². The zero-order chi connectivity index (χ0) is 17.9. The van der Waals surface area contributed by atoms with Crippen LogP contribution in [0.5, 0.6) is 0 Å². The number of sulfone groups is 1. The number of nitrogens with one attached hydrogen (secondary N) is 2. The van der Waals surface area contributed by atoms with Crippen molar-refractivity contribution >= 4 is 39.8 Å². The molecule has 0 spiro atoms. The molecule has 0 unspecified atom stereocenters. The number of aliphatic imine (C=N–C) groups is 1. The maximum absolute atomic E-state index is 11.0. The lowest BCUT2D eigenvalue weighted by Gasteiger charge is -2.29. The first-order valence-corrected chi connectivity index (χ1v) is 10.7. The SMILES string of the molecule is CN=C(NCCOCCS(C)(=O)=O)NCC1(CCOC)CCCC1.I. The minimum atomic E-state index is -2.96. The van der Waals surface area contributed by atoms with Crippen molar-refractivity contribution in [1.29, 1.82) is 0 Å². The summed E-state index contributed by atoms with van der Waals surface area (Å²) in [6.07, 6.45) is 7.31. The smallest absolute Gasteiger partial charge is 0.191 e. The Morgan fingerprint density at radius 1 is 1.16 bits per heavy atom. The van der Waals surface area contributed by atoms with Crippen LogP contribution in [0.25, 0.3) is 0 Å². The number of rotatable bonds is 11. The lowest BCUT2D eigenvalue weighted by atomic mass is 9.83. The summed E-state index contributed by atoms with van der Waals surface area (Å²) < 4.78 is 32.6. The molecule has 0 radical (unpaired) electrons. The second-order valence-corrected chi connectivity index (χ2v) is 8.80. The molecular formula is C16H34IN3O4S. The van der Waals surface area contributed by atoms with Crippen LogP contribution in [0, 0.1) is 5.41 Å². The minimum Gasteiger partial charge on any atom is -0.385 e. The Bertz CT molecular complexity index is 480. The van der Waals surface area contributed by atoms with E-state index in [0.29, 0.717) is 18.6 Å². The van der Waals surface area contributed by atoms with Crippen LogP contribution in [-0.2, 0) is 19.3 Å². The summed E-state index contributed by atoms with van der Waals surface area (Å²) in [7, 11) is 0.540. The normalized spacial score (nSPS) is 17.2. The molecule has 1 rings (SSSR count). The van der Waals surface area contributed by atoms with E-state index in [2.05, 4.69) is 15.6 Å². The number of halogens is 1. The van der Waals surface area contributed by atoms with Crippen molar-refractivity contribution in [3.63, 3.8) is 0 Å². The van der Waals surface area contributed by atoms with Gasteiger partial charge in [-0.05, 0) is 24.7 Å². The molecule has 0 bridgehead atoms. The van der Waals surface area contributed by atoms with Crippen molar-refractivity contribution in [1.82, 2.24) is 10.6 Å². The summed E-state index contributed by atoms with van der Waals surface area (Å²) in [5.41, 5.74) is 0.305. The van der Waals surface area contributed by atoms with E-state index in [9.17, 15) is 8.42 Å². The number of guanidine groups is 1. The molecule has 0 aromatic rings. The van der Waals surface area contributed by atoms with Crippen LogP contribution in [0.2, 0.25) is 0 Å². The third-order valence-corrected chi connectivity index (χ3v) is 5.40. The molecule has 0 aromatic heterocycles. The van der Waals surface area contributed by atoms with E-state index < -0.39 is 9.84 Å². The highest BCUT2D eigenvalue weighted by molar-refractivity contribution is 14.0. The molecule has 9 heteroatoms. The monoisotopic (exact) mass is 491 g/mol. The van der Waals surface area contributed by atoms with Gasteiger partial charge in [-0.2, -0.15) is 0 Å². The highest BCUT2D eigenvalue weighted by atomic mass is 127. The fourth-order valence-corrected chi connectivity index (χ4v) is 3.43. The van der Waals surface area contributed by atoms with Crippen LogP contribution in [0.4, 0.5) is 0 Å². The van der Waals surface area contributed by atoms with Gasteiger partial charge in [0.25, 0.3) is 0 Å². The number of methoxy groups -OCH3 is 1. The topological polar surface area (TPSA) is 89.0 Å². The molecule has 0 saturated heterocycles. The third-order valence-electron chi connectivity index (χ3n) is 4.49. The number of nitrogens with zero attached hydrogens (tertiary/aromatic N) is 1. The van der Waals surface area contributed by atoms with E-state index in [1.54, 1.807) is 14.2 Å². The summed E-state index contributed by atoms with van der Waals surface area (Å²) in [4.78, 5) is 4.23. The molecule has 25 heavy (non-hydrogen) atoms. The number of hydrogen-bond acceptors (Lipinski definition) is 5. The predicted molar refractivity (Wildman–Crippen MR) is 113 cm³/mol. The van der Waals surface area contributed by atoms with Gasteiger partial charge in [0.15, 0.2) is 5.96 Å². The van der Waals surface area contributed by atoms with Gasteiger partial charge in [-0.15, -0.1) is 24.0 Å². The van der Waals surface area contributed by atoms with E-state index in [1.807, 2.05) is 0 Å². The van der Waals surface area contributed by atoms with Gasteiger partial charge in [-0.3, -0.25) is 4.99 Å². The Morgan fingerprint density at radius 2 is 1.84 bits per heavy atom. The van der Waals surface area contributed by atoms with Crippen LogP contribution in [-0.4, -0.2) is 73.5 Å². The van der Waals surface area contributed by atoms with Crippen LogP contribution in [0.3, 0.4) is 0 Å². The Labute approximate surface area is 169 Å². The van der Waals surface area contributed by atoms with E-state index in [-0.39, 0.29) is 36.3 Å². The van der Waals surface area contributed by atoms with E-state index in [1.165, 1.54) is 31.9 Å². The third kappa shape index (κ3) is 11.2.